The molecule has 0 spiro atoms. The van der Waals surface area contributed by atoms with E-state index in [2.05, 4.69) is 30.4 Å². The lowest BCUT2D eigenvalue weighted by Gasteiger charge is -2.27. The van der Waals surface area contributed by atoms with Crippen molar-refractivity contribution in [2.24, 2.45) is 0 Å². The third kappa shape index (κ3) is 2.83. The van der Waals surface area contributed by atoms with Gasteiger partial charge >= 0.3 is 0 Å². The summed E-state index contributed by atoms with van der Waals surface area (Å²) in [5.74, 6) is 0.786. The summed E-state index contributed by atoms with van der Waals surface area (Å²) < 4.78 is 5.38. The minimum Gasteiger partial charge on any atom is -0.378 e. The van der Waals surface area contributed by atoms with Crippen LogP contribution in [-0.2, 0) is 4.74 Å². The first-order valence-corrected chi connectivity index (χ1v) is 7.84. The molecular weight excluding hydrogens is 308 g/mol. The van der Waals surface area contributed by atoms with Crippen molar-refractivity contribution in [1.82, 2.24) is 20.2 Å². The smallest absolute Gasteiger partial charge is 0.273 e. The van der Waals surface area contributed by atoms with E-state index in [0.717, 1.165) is 48.8 Å². The second-order valence-corrected chi connectivity index (χ2v) is 5.79. The molecule has 0 aromatic carbocycles. The van der Waals surface area contributed by atoms with Crippen molar-refractivity contribution < 1.29 is 9.53 Å². The van der Waals surface area contributed by atoms with Gasteiger partial charge in [0.15, 0.2) is 0 Å². The van der Waals surface area contributed by atoms with Crippen molar-refractivity contribution >= 4 is 28.4 Å². The average molecular weight is 326 g/mol. The largest absolute Gasteiger partial charge is 0.378 e. The van der Waals surface area contributed by atoms with Crippen molar-refractivity contribution in [2.45, 2.75) is 6.92 Å². The number of anilines is 2. The summed E-state index contributed by atoms with van der Waals surface area (Å²) in [4.78, 5) is 22.1. The highest BCUT2D eigenvalue weighted by Crippen LogP contribution is 2.23. The Morgan fingerprint density at radius 1 is 1.29 bits per heavy atom. The van der Waals surface area contributed by atoms with Gasteiger partial charge < -0.3 is 19.9 Å². The summed E-state index contributed by atoms with van der Waals surface area (Å²) >= 11 is 0. The number of carbonyl (C=O) groups excluding carboxylic acids is 1. The number of pyridine rings is 1. The number of aromatic nitrogens is 4. The molecule has 8 heteroatoms. The van der Waals surface area contributed by atoms with Crippen molar-refractivity contribution in [2.75, 3.05) is 36.5 Å². The summed E-state index contributed by atoms with van der Waals surface area (Å²) in [6.07, 6.45) is 1.64. The van der Waals surface area contributed by atoms with E-state index in [-0.39, 0.29) is 5.91 Å². The number of aryl methyl sites for hydroxylation is 1. The molecule has 124 valence electrons. The normalized spacial score (nSPS) is 15.0. The zero-order chi connectivity index (χ0) is 16.5. The number of H-pyrrole nitrogens is 2. The molecule has 0 unspecified atom stereocenters. The van der Waals surface area contributed by atoms with Crippen molar-refractivity contribution in [3.8, 4) is 0 Å². The number of hydrogen-bond donors (Lipinski definition) is 3. The second-order valence-electron chi connectivity index (χ2n) is 5.79. The highest BCUT2D eigenvalue weighted by atomic mass is 16.5. The van der Waals surface area contributed by atoms with E-state index in [0.29, 0.717) is 11.4 Å². The number of carbonyl (C=O) groups is 1. The van der Waals surface area contributed by atoms with Crippen LogP contribution in [-0.4, -0.2) is 52.4 Å². The molecule has 0 bridgehead atoms. The standard InChI is InChI=1S/C16H18N6O2/c1-10-6-13(21-20-10)16(23)18-12-7-11-8-14(19-15(11)17-9-12)22-2-4-24-5-3-22/h6-9H,2-5H2,1H3,(H,17,19)(H,18,23)(H,20,21). The molecule has 0 atom stereocenters. The first-order valence-electron chi connectivity index (χ1n) is 7.84. The molecular formula is C16H18N6O2. The highest BCUT2D eigenvalue weighted by molar-refractivity contribution is 6.03. The van der Waals surface area contributed by atoms with Gasteiger partial charge in [0.2, 0.25) is 0 Å². The van der Waals surface area contributed by atoms with Crippen LogP contribution in [0.4, 0.5) is 11.5 Å². The van der Waals surface area contributed by atoms with Gasteiger partial charge in [-0.2, -0.15) is 5.10 Å². The summed E-state index contributed by atoms with van der Waals surface area (Å²) in [6, 6.07) is 5.65. The highest BCUT2D eigenvalue weighted by Gasteiger charge is 2.15. The zero-order valence-electron chi connectivity index (χ0n) is 13.3. The van der Waals surface area contributed by atoms with Crippen molar-refractivity contribution in [3.63, 3.8) is 0 Å². The van der Waals surface area contributed by atoms with Gasteiger partial charge in [-0.1, -0.05) is 0 Å². The molecule has 1 amide bonds. The quantitative estimate of drug-likeness (QED) is 0.680. The summed E-state index contributed by atoms with van der Waals surface area (Å²) in [5.41, 5.74) is 2.64. The Morgan fingerprint density at radius 3 is 2.88 bits per heavy atom. The fourth-order valence-corrected chi connectivity index (χ4v) is 2.78. The maximum Gasteiger partial charge on any atom is 0.273 e. The van der Waals surface area contributed by atoms with Gasteiger partial charge in [-0.25, -0.2) is 4.98 Å². The third-order valence-corrected chi connectivity index (χ3v) is 4.02. The molecule has 24 heavy (non-hydrogen) atoms. The van der Waals surface area contributed by atoms with Crippen molar-refractivity contribution in [1.29, 1.82) is 0 Å². The molecule has 4 rings (SSSR count). The minimum atomic E-state index is -0.235. The number of nitrogens with one attached hydrogen (secondary N) is 3. The molecule has 3 aromatic rings. The Morgan fingerprint density at radius 2 is 2.12 bits per heavy atom. The Hall–Kier alpha value is -2.87. The first-order chi connectivity index (χ1) is 11.7. The second kappa shape index (κ2) is 5.97. The average Bonchev–Trinajstić information content (AvgIpc) is 3.21. The number of amides is 1. The van der Waals surface area contributed by atoms with Crippen LogP contribution < -0.4 is 10.2 Å². The molecule has 1 saturated heterocycles. The molecule has 0 saturated carbocycles. The van der Waals surface area contributed by atoms with Gasteiger partial charge in [0.25, 0.3) is 5.91 Å². The van der Waals surface area contributed by atoms with Gasteiger partial charge in [-0.05, 0) is 25.1 Å². The van der Waals surface area contributed by atoms with Crippen LogP contribution in [0.2, 0.25) is 0 Å². The van der Waals surface area contributed by atoms with Gasteiger partial charge in [0, 0.05) is 18.5 Å². The summed E-state index contributed by atoms with van der Waals surface area (Å²) in [5, 5.41) is 10.5. The van der Waals surface area contributed by atoms with Crippen LogP contribution in [0, 0.1) is 6.92 Å². The van der Waals surface area contributed by atoms with E-state index in [1.165, 1.54) is 0 Å². The van der Waals surface area contributed by atoms with E-state index in [9.17, 15) is 4.79 Å². The van der Waals surface area contributed by atoms with Crippen LogP contribution >= 0.6 is 0 Å². The van der Waals surface area contributed by atoms with E-state index in [4.69, 9.17) is 4.74 Å². The minimum absolute atomic E-state index is 0.235. The SMILES string of the molecule is Cc1cc(C(=O)Nc2cnc3[nH]c(N4CCOCC4)cc3c2)[nH]n1. The molecule has 1 fully saturated rings. The Balaban J connectivity index is 1.55. The van der Waals surface area contributed by atoms with Crippen LogP contribution in [0.5, 0.6) is 0 Å². The lowest BCUT2D eigenvalue weighted by Crippen LogP contribution is -2.36. The number of morpholine rings is 1. The number of ether oxygens (including phenoxy) is 1. The van der Waals surface area contributed by atoms with E-state index < -0.39 is 0 Å². The molecule has 4 heterocycles. The molecule has 0 aliphatic carbocycles. The number of hydrogen-bond acceptors (Lipinski definition) is 5. The maximum absolute atomic E-state index is 12.2. The van der Waals surface area contributed by atoms with Gasteiger partial charge in [-0.3, -0.25) is 9.89 Å². The van der Waals surface area contributed by atoms with E-state index >= 15 is 0 Å². The molecule has 0 radical (unpaired) electrons. The monoisotopic (exact) mass is 326 g/mol. The van der Waals surface area contributed by atoms with Crippen LogP contribution in [0.15, 0.2) is 24.4 Å². The zero-order valence-corrected chi connectivity index (χ0v) is 13.3. The number of nitrogens with zero attached hydrogens (tertiary/aromatic N) is 3. The lowest BCUT2D eigenvalue weighted by atomic mass is 10.3. The molecule has 3 aromatic heterocycles. The Labute approximate surface area is 138 Å². The predicted octanol–water partition coefficient (Wildman–Crippen LogP) is 1.68. The molecule has 1 aliphatic rings. The van der Waals surface area contributed by atoms with E-state index in [1.54, 1.807) is 12.3 Å². The van der Waals surface area contributed by atoms with Gasteiger partial charge in [0.1, 0.15) is 17.2 Å². The lowest BCUT2D eigenvalue weighted by molar-refractivity contribution is 0.102. The van der Waals surface area contributed by atoms with Crippen LogP contribution in [0.1, 0.15) is 16.2 Å². The maximum atomic E-state index is 12.2. The Kier molecular flexibility index (Phi) is 3.66. The number of fused-ring (bicyclic) bond motifs is 1. The third-order valence-electron chi connectivity index (χ3n) is 4.02. The fraction of sp³-hybridized carbons (Fsp3) is 0.312. The van der Waals surface area contributed by atoms with Gasteiger partial charge in [0.05, 0.1) is 30.8 Å². The van der Waals surface area contributed by atoms with Gasteiger partial charge in [-0.15, -0.1) is 0 Å². The topological polar surface area (TPSA) is 98.9 Å². The summed E-state index contributed by atoms with van der Waals surface area (Å²) in [7, 11) is 0. The van der Waals surface area contributed by atoms with Crippen LogP contribution in [0.25, 0.3) is 11.0 Å². The van der Waals surface area contributed by atoms with Crippen molar-refractivity contribution in [3.05, 3.63) is 35.8 Å². The number of rotatable bonds is 3. The van der Waals surface area contributed by atoms with Crippen LogP contribution in [0.3, 0.4) is 0 Å². The van der Waals surface area contributed by atoms with E-state index in [1.807, 2.05) is 19.1 Å². The molecule has 3 N–H and O–H groups in total. The fourth-order valence-electron chi connectivity index (χ4n) is 2.78. The molecule has 8 nitrogen and oxygen atoms in total. The predicted molar refractivity (Wildman–Crippen MR) is 90.4 cm³/mol. The number of aromatic amines is 2. The Bertz CT molecular complexity index is 878. The first kappa shape index (κ1) is 14.7. The molecule has 1 aliphatic heterocycles. The summed E-state index contributed by atoms with van der Waals surface area (Å²) in [6.45, 7) is 5.00.